The lowest BCUT2D eigenvalue weighted by Gasteiger charge is -2.11. The van der Waals surface area contributed by atoms with Crippen LogP contribution in [-0.2, 0) is 0 Å². The van der Waals surface area contributed by atoms with Gasteiger partial charge < -0.3 is 16.0 Å². The summed E-state index contributed by atoms with van der Waals surface area (Å²) in [5, 5.41) is 10.7. The minimum Gasteiger partial charge on any atom is -0.355 e. The predicted molar refractivity (Wildman–Crippen MR) is 146 cm³/mol. The van der Waals surface area contributed by atoms with Gasteiger partial charge in [0.05, 0.1) is 5.52 Å². The molecular formula is C27H20IN5O. The number of nitrogens with zero attached hydrogens (tertiary/aromatic N) is 2. The molecule has 5 rings (SSSR count). The molecule has 0 aliphatic rings. The van der Waals surface area contributed by atoms with E-state index in [0.717, 1.165) is 37.2 Å². The zero-order valence-electron chi connectivity index (χ0n) is 18.0. The van der Waals surface area contributed by atoms with Crippen molar-refractivity contribution in [3.8, 4) is 0 Å². The highest BCUT2D eigenvalue weighted by Crippen LogP contribution is 2.27. The van der Waals surface area contributed by atoms with E-state index in [4.69, 9.17) is 0 Å². The Kier molecular flexibility index (Phi) is 6.35. The van der Waals surface area contributed by atoms with Crippen molar-refractivity contribution in [3.05, 3.63) is 113 Å². The van der Waals surface area contributed by atoms with Gasteiger partial charge in [-0.1, -0.05) is 6.07 Å². The first-order valence-corrected chi connectivity index (χ1v) is 11.7. The molecule has 3 aromatic carbocycles. The van der Waals surface area contributed by atoms with Crippen LogP contribution in [-0.4, -0.2) is 15.9 Å². The van der Waals surface area contributed by atoms with Gasteiger partial charge in [0.15, 0.2) is 0 Å². The Labute approximate surface area is 210 Å². The summed E-state index contributed by atoms with van der Waals surface area (Å²) < 4.78 is 1.15. The number of aromatic nitrogens is 2. The van der Waals surface area contributed by atoms with Crippen LogP contribution in [0, 0.1) is 3.57 Å². The summed E-state index contributed by atoms with van der Waals surface area (Å²) >= 11 is 2.30. The lowest BCUT2D eigenvalue weighted by Crippen LogP contribution is -2.11. The molecule has 0 fully saturated rings. The number of nitrogens with one attached hydrogen (secondary N) is 3. The maximum atomic E-state index is 12.8. The number of amides is 1. The Morgan fingerprint density at radius 1 is 0.706 bits per heavy atom. The molecule has 5 aromatic rings. The fraction of sp³-hybridized carbons (Fsp3) is 0. The van der Waals surface area contributed by atoms with Crippen molar-refractivity contribution < 1.29 is 4.79 Å². The van der Waals surface area contributed by atoms with Gasteiger partial charge in [-0.3, -0.25) is 14.8 Å². The number of rotatable bonds is 6. The Bertz CT molecular complexity index is 1460. The number of carbonyl (C=O) groups excluding carboxylic acids is 1. The summed E-state index contributed by atoms with van der Waals surface area (Å²) in [5.74, 6) is -0.170. The van der Waals surface area contributed by atoms with Crippen LogP contribution in [0.1, 0.15) is 10.4 Å². The van der Waals surface area contributed by atoms with E-state index in [1.807, 2.05) is 78.9 Å². The maximum Gasteiger partial charge on any atom is 0.255 e. The van der Waals surface area contributed by atoms with Gasteiger partial charge in [0.2, 0.25) is 0 Å². The Morgan fingerprint density at radius 2 is 1.47 bits per heavy atom. The van der Waals surface area contributed by atoms with E-state index in [2.05, 4.69) is 54.6 Å². The van der Waals surface area contributed by atoms with Crippen LogP contribution in [0.25, 0.3) is 10.9 Å². The van der Waals surface area contributed by atoms with Crippen LogP contribution in [0.4, 0.5) is 28.4 Å². The average Bonchev–Trinajstić information content (AvgIpc) is 2.86. The van der Waals surface area contributed by atoms with Crippen LogP contribution in [0.2, 0.25) is 0 Å². The van der Waals surface area contributed by atoms with Crippen molar-refractivity contribution in [1.29, 1.82) is 0 Å². The van der Waals surface area contributed by atoms with E-state index in [9.17, 15) is 4.79 Å². The van der Waals surface area contributed by atoms with Crippen LogP contribution in [0.3, 0.4) is 0 Å². The summed E-state index contributed by atoms with van der Waals surface area (Å²) in [6, 6.07) is 26.9. The molecule has 0 spiro atoms. The minimum atomic E-state index is -0.170. The van der Waals surface area contributed by atoms with E-state index < -0.39 is 0 Å². The fourth-order valence-electron chi connectivity index (χ4n) is 3.57. The first-order valence-electron chi connectivity index (χ1n) is 10.6. The lowest BCUT2D eigenvalue weighted by molar-refractivity contribution is 0.102. The van der Waals surface area contributed by atoms with Gasteiger partial charge in [-0.25, -0.2) is 0 Å². The second kappa shape index (κ2) is 9.88. The second-order valence-electron chi connectivity index (χ2n) is 7.62. The standard InChI is InChI=1S/C27H20IN5O/c28-19-6-9-25-24(16-19)26(12-15-30-25)32-20-7-4-18(5-8-20)27(34)33-23-3-1-2-22(17-23)31-21-10-13-29-14-11-21/h1-17H,(H,29,31)(H,30,32)(H,33,34). The molecule has 0 aliphatic carbocycles. The zero-order valence-corrected chi connectivity index (χ0v) is 20.2. The molecule has 7 heteroatoms. The lowest BCUT2D eigenvalue weighted by atomic mass is 10.1. The van der Waals surface area contributed by atoms with Gasteiger partial charge in [0.1, 0.15) is 0 Å². The maximum absolute atomic E-state index is 12.8. The topological polar surface area (TPSA) is 78.9 Å². The molecule has 2 aromatic heterocycles. The molecule has 0 aliphatic heterocycles. The normalized spacial score (nSPS) is 10.6. The van der Waals surface area contributed by atoms with Crippen LogP contribution < -0.4 is 16.0 Å². The van der Waals surface area contributed by atoms with E-state index in [1.54, 1.807) is 18.6 Å². The summed E-state index contributed by atoms with van der Waals surface area (Å²) in [6.07, 6.45) is 5.24. The molecular weight excluding hydrogens is 537 g/mol. The largest absolute Gasteiger partial charge is 0.355 e. The molecule has 0 saturated heterocycles. The number of hydrogen-bond acceptors (Lipinski definition) is 5. The van der Waals surface area contributed by atoms with Crippen LogP contribution >= 0.6 is 22.6 Å². The third-order valence-electron chi connectivity index (χ3n) is 5.22. The van der Waals surface area contributed by atoms with Gasteiger partial charge >= 0.3 is 0 Å². The first-order chi connectivity index (χ1) is 16.6. The molecule has 0 saturated carbocycles. The third kappa shape index (κ3) is 5.15. The zero-order chi connectivity index (χ0) is 23.3. The molecule has 0 radical (unpaired) electrons. The van der Waals surface area contributed by atoms with Gasteiger partial charge in [-0.15, -0.1) is 0 Å². The third-order valence-corrected chi connectivity index (χ3v) is 5.89. The average molecular weight is 557 g/mol. The van der Waals surface area contributed by atoms with Gasteiger partial charge in [0, 0.05) is 61.5 Å². The smallest absolute Gasteiger partial charge is 0.255 e. The monoisotopic (exact) mass is 557 g/mol. The number of pyridine rings is 2. The minimum absolute atomic E-state index is 0.170. The molecule has 2 heterocycles. The molecule has 166 valence electrons. The van der Waals surface area contributed by atoms with Crippen molar-refractivity contribution in [3.63, 3.8) is 0 Å². The number of benzene rings is 3. The van der Waals surface area contributed by atoms with Crippen LogP contribution in [0.15, 0.2) is 104 Å². The molecule has 0 bridgehead atoms. The SMILES string of the molecule is O=C(Nc1cccc(Nc2ccncc2)c1)c1ccc(Nc2ccnc3ccc(I)cc23)cc1. The molecule has 34 heavy (non-hydrogen) atoms. The molecule has 3 N–H and O–H groups in total. The van der Waals surface area contributed by atoms with Crippen LogP contribution in [0.5, 0.6) is 0 Å². The molecule has 0 atom stereocenters. The molecule has 1 amide bonds. The first kappa shape index (κ1) is 21.8. The summed E-state index contributed by atoms with van der Waals surface area (Å²) in [5.41, 5.74) is 5.89. The predicted octanol–water partition coefficient (Wildman–Crippen LogP) is 6.97. The van der Waals surface area contributed by atoms with Crippen molar-refractivity contribution >= 4 is 67.8 Å². The van der Waals surface area contributed by atoms with E-state index in [0.29, 0.717) is 11.3 Å². The van der Waals surface area contributed by atoms with Crippen molar-refractivity contribution in [2.45, 2.75) is 0 Å². The van der Waals surface area contributed by atoms with Gasteiger partial charge in [-0.2, -0.15) is 0 Å². The highest BCUT2D eigenvalue weighted by molar-refractivity contribution is 14.1. The van der Waals surface area contributed by atoms with Crippen molar-refractivity contribution in [2.75, 3.05) is 16.0 Å². The number of anilines is 5. The number of carbonyl (C=O) groups is 1. The summed E-state index contributed by atoms with van der Waals surface area (Å²) in [6.45, 7) is 0. The van der Waals surface area contributed by atoms with Gasteiger partial charge in [0.25, 0.3) is 5.91 Å². The number of hydrogen-bond donors (Lipinski definition) is 3. The van der Waals surface area contributed by atoms with Crippen molar-refractivity contribution in [1.82, 2.24) is 9.97 Å². The summed E-state index contributed by atoms with van der Waals surface area (Å²) in [4.78, 5) is 21.2. The van der Waals surface area contributed by atoms with E-state index in [1.165, 1.54) is 0 Å². The van der Waals surface area contributed by atoms with E-state index >= 15 is 0 Å². The number of fused-ring (bicyclic) bond motifs is 1. The quantitative estimate of drug-likeness (QED) is 0.197. The highest BCUT2D eigenvalue weighted by Gasteiger charge is 2.08. The number of halogens is 1. The second-order valence-corrected chi connectivity index (χ2v) is 8.86. The molecule has 0 unspecified atom stereocenters. The highest BCUT2D eigenvalue weighted by atomic mass is 127. The van der Waals surface area contributed by atoms with Gasteiger partial charge in [-0.05, 0) is 101 Å². The molecule has 6 nitrogen and oxygen atoms in total. The fourth-order valence-corrected chi connectivity index (χ4v) is 4.06. The van der Waals surface area contributed by atoms with E-state index in [-0.39, 0.29) is 5.91 Å². The Hall–Kier alpha value is -3.98. The van der Waals surface area contributed by atoms with Crippen molar-refractivity contribution in [2.24, 2.45) is 0 Å². The summed E-state index contributed by atoms with van der Waals surface area (Å²) in [7, 11) is 0. The Balaban J connectivity index is 1.27. The Morgan fingerprint density at radius 3 is 2.29 bits per heavy atom.